The van der Waals surface area contributed by atoms with Crippen molar-refractivity contribution in [1.82, 2.24) is 4.90 Å². The standard InChI is InChI=1S/C16H20INO2/c1-18-12-7-8-14(18)15(16(19)20-2)13(9-12)10-3-5-11(17)6-4-10/h3-6,12-15H,7-9H2,1-2H3/t12-,13+,14+,15-/m0/s1/i1-1. The van der Waals surface area contributed by atoms with Crippen LogP contribution in [0.5, 0.6) is 0 Å². The fourth-order valence-electron chi connectivity index (χ4n) is 3.98. The number of nitrogens with zero attached hydrogens (tertiary/aromatic N) is 1. The second kappa shape index (κ2) is 5.64. The minimum absolute atomic E-state index is 0.0242. The first kappa shape index (κ1) is 14.3. The van der Waals surface area contributed by atoms with Crippen LogP contribution in [0.15, 0.2) is 24.3 Å². The van der Waals surface area contributed by atoms with Gasteiger partial charge in [-0.2, -0.15) is 0 Å². The molecule has 2 saturated heterocycles. The summed E-state index contributed by atoms with van der Waals surface area (Å²) in [6, 6.07) is 9.56. The van der Waals surface area contributed by atoms with Crippen LogP contribution >= 0.6 is 22.6 Å². The SMILES string of the molecule is COC(=O)[C@H]1[C@@H](c2ccc(I)cc2)C[C@@H]2CC[C@H]1N2[11CH3]. The van der Waals surface area contributed by atoms with Gasteiger partial charge in [0, 0.05) is 21.6 Å². The third-order valence-corrected chi connectivity index (χ3v) is 5.76. The Kier molecular flexibility index (Phi) is 4.04. The summed E-state index contributed by atoms with van der Waals surface area (Å²) >= 11 is 2.32. The first-order chi connectivity index (χ1) is 9.61. The molecular weight excluding hydrogens is 364 g/mol. The van der Waals surface area contributed by atoms with Crippen molar-refractivity contribution in [3.8, 4) is 0 Å². The van der Waals surface area contributed by atoms with Crippen LogP contribution in [-0.4, -0.2) is 37.1 Å². The molecule has 0 aromatic heterocycles. The molecule has 2 heterocycles. The first-order valence-electron chi connectivity index (χ1n) is 7.17. The van der Waals surface area contributed by atoms with Gasteiger partial charge in [-0.25, -0.2) is 0 Å². The van der Waals surface area contributed by atoms with Gasteiger partial charge in [0.05, 0.1) is 13.0 Å². The maximum atomic E-state index is 12.3. The Labute approximate surface area is 133 Å². The molecule has 1 aromatic carbocycles. The lowest BCUT2D eigenvalue weighted by Gasteiger charge is -2.41. The molecule has 0 radical (unpaired) electrons. The van der Waals surface area contributed by atoms with Crippen LogP contribution in [0.1, 0.15) is 30.7 Å². The van der Waals surface area contributed by atoms with Gasteiger partial charge in [0.2, 0.25) is 0 Å². The number of halogens is 1. The topological polar surface area (TPSA) is 29.5 Å². The van der Waals surface area contributed by atoms with Gasteiger partial charge in [-0.3, -0.25) is 9.69 Å². The molecule has 0 spiro atoms. The van der Waals surface area contributed by atoms with E-state index in [2.05, 4.69) is 58.8 Å². The number of rotatable bonds is 2. The number of esters is 1. The van der Waals surface area contributed by atoms with E-state index in [1.807, 2.05) is 0 Å². The summed E-state index contributed by atoms with van der Waals surface area (Å²) in [5.74, 6) is 0.225. The average Bonchev–Trinajstić information content (AvgIpc) is 2.70. The van der Waals surface area contributed by atoms with E-state index in [1.54, 1.807) is 0 Å². The second-order valence-corrected chi connectivity index (χ2v) is 7.15. The molecule has 4 atom stereocenters. The maximum Gasteiger partial charge on any atom is 0.310 e. The van der Waals surface area contributed by atoms with Gasteiger partial charge in [0.15, 0.2) is 0 Å². The van der Waals surface area contributed by atoms with Gasteiger partial charge < -0.3 is 4.74 Å². The largest absolute Gasteiger partial charge is 0.469 e. The zero-order chi connectivity index (χ0) is 14.3. The van der Waals surface area contributed by atoms with Crippen LogP contribution in [0.3, 0.4) is 0 Å². The fourth-order valence-corrected chi connectivity index (χ4v) is 4.34. The van der Waals surface area contributed by atoms with Crippen LogP contribution < -0.4 is 0 Å². The van der Waals surface area contributed by atoms with Crippen molar-refractivity contribution in [1.29, 1.82) is 0 Å². The van der Waals surface area contributed by atoms with Gasteiger partial charge >= 0.3 is 5.97 Å². The highest BCUT2D eigenvalue weighted by atomic mass is 127. The number of piperidine rings is 1. The van der Waals surface area contributed by atoms with Crippen LogP contribution in [-0.2, 0) is 9.53 Å². The predicted octanol–water partition coefficient (Wildman–Crippen LogP) is 3.03. The van der Waals surface area contributed by atoms with Crippen LogP contribution in [0.25, 0.3) is 0 Å². The minimum Gasteiger partial charge on any atom is -0.469 e. The van der Waals surface area contributed by atoms with E-state index in [0.717, 1.165) is 12.8 Å². The molecule has 0 amide bonds. The molecule has 20 heavy (non-hydrogen) atoms. The van der Waals surface area contributed by atoms with Crippen molar-refractivity contribution in [2.24, 2.45) is 5.92 Å². The van der Waals surface area contributed by atoms with Crippen molar-refractivity contribution < 1.29 is 9.53 Å². The van der Waals surface area contributed by atoms with Crippen molar-refractivity contribution >= 4 is 28.6 Å². The monoisotopic (exact) mass is 384 g/mol. The van der Waals surface area contributed by atoms with E-state index in [9.17, 15) is 4.79 Å². The second-order valence-electron chi connectivity index (χ2n) is 5.91. The molecule has 2 aliphatic heterocycles. The number of hydrogen-bond donors (Lipinski definition) is 0. The van der Waals surface area contributed by atoms with Crippen molar-refractivity contribution in [2.75, 3.05) is 14.2 Å². The highest BCUT2D eigenvalue weighted by molar-refractivity contribution is 14.1. The number of fused-ring (bicyclic) bond motifs is 2. The van der Waals surface area contributed by atoms with Gasteiger partial charge in [-0.05, 0) is 66.6 Å². The first-order valence-corrected chi connectivity index (χ1v) is 8.25. The Morgan fingerprint density at radius 1 is 1.30 bits per heavy atom. The molecule has 4 heteroatoms. The third-order valence-electron chi connectivity index (χ3n) is 5.04. The van der Waals surface area contributed by atoms with E-state index in [1.165, 1.54) is 22.7 Å². The summed E-state index contributed by atoms with van der Waals surface area (Å²) in [7, 11) is 3.66. The zero-order valence-corrected chi connectivity index (χ0v) is 14.0. The summed E-state index contributed by atoms with van der Waals surface area (Å²) in [4.78, 5) is 14.7. The molecular formula is C16H20INO2. The summed E-state index contributed by atoms with van der Waals surface area (Å²) in [5, 5.41) is 0. The van der Waals surface area contributed by atoms with E-state index in [-0.39, 0.29) is 11.9 Å². The molecule has 2 aliphatic rings. The Hall–Kier alpha value is -0.620. The normalized spacial score (nSPS) is 33.1. The predicted molar refractivity (Wildman–Crippen MR) is 86.6 cm³/mol. The maximum absolute atomic E-state index is 12.3. The molecule has 0 aliphatic carbocycles. The molecule has 3 nitrogen and oxygen atoms in total. The van der Waals surface area contributed by atoms with E-state index < -0.39 is 0 Å². The van der Waals surface area contributed by atoms with Gasteiger partial charge in [0.1, 0.15) is 0 Å². The molecule has 0 unspecified atom stereocenters. The lowest BCUT2D eigenvalue weighted by molar-refractivity contribution is -0.150. The third kappa shape index (κ3) is 2.37. The summed E-state index contributed by atoms with van der Waals surface area (Å²) in [6.07, 6.45) is 3.38. The Balaban J connectivity index is 1.95. The fraction of sp³-hybridized carbons (Fsp3) is 0.562. The van der Waals surface area contributed by atoms with Gasteiger partial charge in [-0.1, -0.05) is 12.1 Å². The molecule has 1 aromatic rings. The lowest BCUT2D eigenvalue weighted by atomic mass is 9.75. The Morgan fingerprint density at radius 2 is 2.00 bits per heavy atom. The summed E-state index contributed by atoms with van der Waals surface area (Å²) < 4.78 is 6.33. The highest BCUT2D eigenvalue weighted by Crippen LogP contribution is 2.46. The Bertz CT molecular complexity index is 502. The summed E-state index contributed by atoms with van der Waals surface area (Å²) in [6.45, 7) is 0. The smallest absolute Gasteiger partial charge is 0.310 e. The molecule has 0 N–H and O–H groups in total. The van der Waals surface area contributed by atoms with Gasteiger partial charge in [-0.15, -0.1) is 0 Å². The van der Waals surface area contributed by atoms with Crippen LogP contribution in [0, 0.1) is 9.49 Å². The molecule has 3 rings (SSSR count). The number of carbonyl (C=O) groups is 1. The van der Waals surface area contributed by atoms with E-state index in [4.69, 9.17) is 4.74 Å². The molecule has 2 fully saturated rings. The average molecular weight is 384 g/mol. The number of methoxy groups -OCH3 is 1. The number of hydrogen-bond acceptors (Lipinski definition) is 3. The van der Waals surface area contributed by atoms with Crippen molar-refractivity contribution in [2.45, 2.75) is 37.3 Å². The van der Waals surface area contributed by atoms with Gasteiger partial charge in [0.25, 0.3) is 0 Å². The quantitative estimate of drug-likeness (QED) is 0.580. The Morgan fingerprint density at radius 3 is 2.65 bits per heavy atom. The van der Waals surface area contributed by atoms with Crippen LogP contribution in [0.2, 0.25) is 0 Å². The number of carbonyl (C=O) groups excluding carboxylic acids is 1. The lowest BCUT2D eigenvalue weighted by Crippen LogP contribution is -2.49. The molecule has 0 saturated carbocycles. The van der Waals surface area contributed by atoms with Crippen molar-refractivity contribution in [3.63, 3.8) is 0 Å². The number of benzene rings is 1. The highest BCUT2D eigenvalue weighted by Gasteiger charge is 2.49. The number of ether oxygens (including phenoxy) is 1. The zero-order valence-electron chi connectivity index (χ0n) is 11.9. The summed E-state index contributed by atoms with van der Waals surface area (Å²) in [5.41, 5.74) is 1.28. The molecule has 108 valence electrons. The van der Waals surface area contributed by atoms with Crippen LogP contribution in [0.4, 0.5) is 0 Å². The van der Waals surface area contributed by atoms with Crippen molar-refractivity contribution in [3.05, 3.63) is 33.4 Å². The molecule has 2 bridgehead atoms. The van der Waals surface area contributed by atoms with E-state index in [0.29, 0.717) is 18.0 Å². The van der Waals surface area contributed by atoms with E-state index >= 15 is 0 Å². The minimum atomic E-state index is -0.0502.